The van der Waals surface area contributed by atoms with Crippen LogP contribution in [0, 0.1) is 0 Å². The van der Waals surface area contributed by atoms with Gasteiger partial charge in [-0.25, -0.2) is 4.79 Å². The van der Waals surface area contributed by atoms with Gasteiger partial charge >= 0.3 is 5.97 Å². The Labute approximate surface area is 292 Å². The number of benzene rings is 3. The molecule has 47 heavy (non-hydrogen) atoms. The molecule has 252 valence electrons. The van der Waals surface area contributed by atoms with E-state index in [1.54, 1.807) is 0 Å². The first-order valence-corrected chi connectivity index (χ1v) is 17.4. The number of nitrogens with zero attached hydrogens (tertiary/aromatic N) is 3. The van der Waals surface area contributed by atoms with Crippen LogP contribution in [-0.4, -0.2) is 53.7 Å². The number of esters is 1. The molecule has 3 aromatic carbocycles. The number of carbonyl (C=O) groups is 1. The third kappa shape index (κ3) is 8.03. The molecule has 0 aliphatic carbocycles. The van der Waals surface area contributed by atoms with Gasteiger partial charge in [0.1, 0.15) is 11.4 Å². The minimum atomic E-state index is -0.287. The van der Waals surface area contributed by atoms with E-state index < -0.39 is 0 Å². The summed E-state index contributed by atoms with van der Waals surface area (Å²) in [5.74, 6) is 0.586. The van der Waals surface area contributed by atoms with Gasteiger partial charge in [-0.1, -0.05) is 70.5 Å². The molecule has 0 aliphatic rings. The second-order valence-corrected chi connectivity index (χ2v) is 11.9. The van der Waals surface area contributed by atoms with Crippen LogP contribution in [0.5, 0.6) is 5.75 Å². The van der Waals surface area contributed by atoms with Crippen LogP contribution in [0.2, 0.25) is 0 Å². The summed E-state index contributed by atoms with van der Waals surface area (Å²) >= 11 is 3.72. The van der Waals surface area contributed by atoms with Crippen molar-refractivity contribution in [3.05, 3.63) is 83.3 Å². The summed E-state index contributed by atoms with van der Waals surface area (Å²) in [5.41, 5.74) is 6.72. The summed E-state index contributed by atoms with van der Waals surface area (Å²) in [4.78, 5) is 13.8. The average molecular weight is 726 g/mol. The molecule has 0 amide bonds. The van der Waals surface area contributed by atoms with E-state index in [1.165, 1.54) is 0 Å². The molecule has 0 unspecified atom stereocenters. The Kier molecular flexibility index (Phi) is 13.7. The number of hydrogen-bond acceptors (Lipinski definition) is 6. The summed E-state index contributed by atoms with van der Waals surface area (Å²) in [6.45, 7) is 7.31. The van der Waals surface area contributed by atoms with Gasteiger partial charge in [0.15, 0.2) is 0 Å². The van der Waals surface area contributed by atoms with Crippen molar-refractivity contribution in [2.24, 2.45) is 7.05 Å². The number of hydrogen-bond donors (Lipinski definition) is 1. The fourth-order valence-corrected chi connectivity index (χ4v) is 6.94. The van der Waals surface area contributed by atoms with Crippen molar-refractivity contribution >= 4 is 56.0 Å². The monoisotopic (exact) mass is 724 g/mol. The molecular weight excluding hydrogens is 680 g/mol. The van der Waals surface area contributed by atoms with Gasteiger partial charge in [0, 0.05) is 47.4 Å². The lowest BCUT2D eigenvalue weighted by Crippen LogP contribution is -2.16. The summed E-state index contributed by atoms with van der Waals surface area (Å²) in [5, 5.41) is 12.1. The van der Waals surface area contributed by atoms with Crippen molar-refractivity contribution in [1.82, 2.24) is 19.7 Å². The number of alkyl halides is 1. The molecule has 0 aliphatic heterocycles. The molecule has 0 saturated heterocycles. The fourth-order valence-electron chi connectivity index (χ4n) is 6.30. The van der Waals surface area contributed by atoms with Crippen LogP contribution in [0.4, 0.5) is 0 Å². The van der Waals surface area contributed by atoms with Crippen molar-refractivity contribution in [2.45, 2.75) is 58.0 Å². The van der Waals surface area contributed by atoms with Crippen molar-refractivity contribution < 1.29 is 19.0 Å². The summed E-state index contributed by atoms with van der Waals surface area (Å²) in [7, 11) is 3.94. The molecule has 2 heterocycles. The van der Waals surface area contributed by atoms with Gasteiger partial charge in [0.05, 0.1) is 36.7 Å². The second kappa shape index (κ2) is 17.7. The molecule has 0 atom stereocenters. The zero-order valence-corrected chi connectivity index (χ0v) is 30.2. The van der Waals surface area contributed by atoms with Crippen LogP contribution >= 0.6 is 28.3 Å². The highest BCUT2D eigenvalue weighted by atomic mass is 79.9. The van der Waals surface area contributed by atoms with Crippen LogP contribution in [0.1, 0.15) is 60.5 Å². The number of aromatic nitrogens is 3. The van der Waals surface area contributed by atoms with Gasteiger partial charge in [-0.3, -0.25) is 4.68 Å². The topological polar surface area (TPSA) is 79.5 Å². The highest BCUT2D eigenvalue weighted by molar-refractivity contribution is 9.08. The molecule has 1 N–H and O–H groups in total. The van der Waals surface area contributed by atoms with E-state index in [4.69, 9.17) is 19.3 Å². The first-order valence-electron chi connectivity index (χ1n) is 16.3. The predicted octanol–water partition coefficient (Wildman–Crippen LogP) is 8.24. The molecule has 5 aromatic rings. The molecule has 10 heteroatoms. The Balaban J connectivity index is 0.00000500. The Morgan fingerprint density at radius 2 is 1.72 bits per heavy atom. The van der Waals surface area contributed by atoms with E-state index in [0.717, 1.165) is 81.3 Å². The van der Waals surface area contributed by atoms with Gasteiger partial charge in [-0.2, -0.15) is 5.10 Å². The van der Waals surface area contributed by atoms with Gasteiger partial charge in [0.25, 0.3) is 0 Å². The third-order valence-electron chi connectivity index (χ3n) is 8.37. The molecule has 0 fully saturated rings. The number of ether oxygens (including phenoxy) is 3. The van der Waals surface area contributed by atoms with E-state index in [1.807, 2.05) is 56.9 Å². The van der Waals surface area contributed by atoms with Crippen molar-refractivity contribution in [3.8, 4) is 16.9 Å². The fraction of sp³-hybridized carbons (Fsp3) is 0.405. The van der Waals surface area contributed by atoms with Crippen LogP contribution < -0.4 is 10.1 Å². The average Bonchev–Trinajstić information content (AvgIpc) is 3.57. The zero-order valence-electron chi connectivity index (χ0n) is 27.8. The number of nitrogens with one attached hydrogen (secondary N) is 1. The van der Waals surface area contributed by atoms with E-state index in [-0.39, 0.29) is 18.4 Å². The number of halogens is 2. The quantitative estimate of drug-likeness (QED) is 0.0591. The van der Waals surface area contributed by atoms with Gasteiger partial charge in [-0.15, -0.1) is 12.4 Å². The molecule has 8 nitrogen and oxygen atoms in total. The van der Waals surface area contributed by atoms with Crippen LogP contribution in [0.25, 0.3) is 32.8 Å². The predicted molar refractivity (Wildman–Crippen MR) is 196 cm³/mol. The van der Waals surface area contributed by atoms with E-state index in [9.17, 15) is 4.79 Å². The van der Waals surface area contributed by atoms with Gasteiger partial charge in [0.2, 0.25) is 0 Å². The molecule has 0 spiro atoms. The number of rotatable bonds is 17. The number of carbonyl (C=O) groups excluding carboxylic acids is 1. The highest BCUT2D eigenvalue weighted by Crippen LogP contribution is 2.39. The maximum atomic E-state index is 13.8. The van der Waals surface area contributed by atoms with E-state index >= 15 is 0 Å². The molecular formula is C37H46BrClN4O4. The minimum Gasteiger partial charge on any atom is -0.493 e. The number of unbranched alkanes of at least 4 members (excludes halogenated alkanes) is 1. The highest BCUT2D eigenvalue weighted by Gasteiger charge is 2.28. The summed E-state index contributed by atoms with van der Waals surface area (Å²) in [6, 6.07) is 20.8. The number of aryl methyl sites for hydroxylation is 3. The minimum absolute atomic E-state index is 0. The lowest BCUT2D eigenvalue weighted by molar-refractivity contribution is 0.0512. The molecule has 5 rings (SSSR count). The Morgan fingerprint density at radius 3 is 2.49 bits per heavy atom. The Morgan fingerprint density at radius 1 is 0.957 bits per heavy atom. The van der Waals surface area contributed by atoms with Crippen LogP contribution in [0.3, 0.4) is 0 Å². The first kappa shape index (κ1) is 36.5. The van der Waals surface area contributed by atoms with E-state index in [0.29, 0.717) is 50.4 Å². The SMILES string of the molecule is CCOCc1nn(C)c(CBr)c1-c1cccc2c(CCCOc3cccc4ccccc34)c(C(=O)OCC)n(CCCCNC)c12.Cl. The van der Waals surface area contributed by atoms with E-state index in [2.05, 4.69) is 62.2 Å². The van der Waals surface area contributed by atoms with Crippen LogP contribution in [0.15, 0.2) is 60.7 Å². The molecule has 2 aromatic heterocycles. The van der Waals surface area contributed by atoms with Gasteiger partial charge < -0.3 is 24.1 Å². The lowest BCUT2D eigenvalue weighted by atomic mass is 9.98. The Bertz CT molecular complexity index is 1780. The van der Waals surface area contributed by atoms with Crippen LogP contribution in [-0.2, 0) is 41.4 Å². The smallest absolute Gasteiger partial charge is 0.355 e. The van der Waals surface area contributed by atoms with Crippen molar-refractivity contribution in [2.75, 3.05) is 33.4 Å². The third-order valence-corrected chi connectivity index (χ3v) is 8.90. The maximum absolute atomic E-state index is 13.8. The first-order chi connectivity index (χ1) is 22.5. The largest absolute Gasteiger partial charge is 0.493 e. The normalized spacial score (nSPS) is 11.3. The van der Waals surface area contributed by atoms with Gasteiger partial charge in [-0.05, 0) is 70.1 Å². The molecule has 0 bridgehead atoms. The number of fused-ring (bicyclic) bond motifs is 2. The molecule has 0 radical (unpaired) electrons. The summed E-state index contributed by atoms with van der Waals surface area (Å²) in [6.07, 6.45) is 3.32. The maximum Gasteiger partial charge on any atom is 0.355 e. The zero-order chi connectivity index (χ0) is 32.5. The molecule has 0 saturated carbocycles. The standard InChI is InChI=1S/C37H45BrN4O4.ClH/c1-5-44-25-31-34(32(24-38)41(4)40-31)30-18-12-17-28-29(19-13-23-46-33-20-11-15-26-14-7-8-16-27(26)33)36(37(43)45-6-2)42(35(28)30)22-10-9-21-39-3;/h7-8,11-12,14-18,20,39H,5-6,9-10,13,19,21-25H2,1-4H3;1H. The number of para-hydroxylation sites is 1. The lowest BCUT2D eigenvalue weighted by Gasteiger charge is -2.14. The summed E-state index contributed by atoms with van der Waals surface area (Å²) < 4.78 is 22.0. The second-order valence-electron chi connectivity index (χ2n) is 11.3. The Hall–Kier alpha value is -3.37. The van der Waals surface area contributed by atoms with Crippen molar-refractivity contribution in [3.63, 3.8) is 0 Å². The van der Waals surface area contributed by atoms with Crippen molar-refractivity contribution in [1.29, 1.82) is 0 Å².